The third kappa shape index (κ3) is 3.63. The van der Waals surface area contributed by atoms with E-state index in [0.717, 1.165) is 6.54 Å². The maximum absolute atomic E-state index is 4.69. The zero-order chi connectivity index (χ0) is 13.0. The third-order valence-electron chi connectivity index (χ3n) is 4.15. The third-order valence-corrected chi connectivity index (χ3v) is 4.15. The van der Waals surface area contributed by atoms with Gasteiger partial charge in [-0.05, 0) is 44.4 Å². The number of rotatable bonds is 4. The van der Waals surface area contributed by atoms with Crippen LogP contribution in [0, 0.1) is 5.41 Å². The monoisotopic (exact) mass is 251 g/mol. The molecule has 104 valence electrons. The summed E-state index contributed by atoms with van der Waals surface area (Å²) in [5.41, 5.74) is 0.493. The first-order valence-corrected chi connectivity index (χ1v) is 7.73. The molecule has 2 fully saturated rings. The Hall–Kier alpha value is -0.730. The van der Waals surface area contributed by atoms with Crippen LogP contribution in [0.3, 0.4) is 0 Å². The highest BCUT2D eigenvalue weighted by atomic mass is 15.3. The predicted molar refractivity (Wildman–Crippen MR) is 78.0 cm³/mol. The second-order valence-corrected chi connectivity index (χ2v) is 6.30. The number of hydrogen-bond donors (Lipinski definition) is 1. The number of guanidine groups is 1. The number of nitrogens with one attached hydrogen (secondary N) is 1. The van der Waals surface area contributed by atoms with Crippen molar-refractivity contribution in [1.29, 1.82) is 0 Å². The summed E-state index contributed by atoms with van der Waals surface area (Å²) < 4.78 is 0. The van der Waals surface area contributed by atoms with Crippen LogP contribution in [0.4, 0.5) is 0 Å². The van der Waals surface area contributed by atoms with Gasteiger partial charge in [-0.15, -0.1) is 0 Å². The maximum Gasteiger partial charge on any atom is 0.194 e. The molecule has 1 aliphatic carbocycles. The molecule has 0 bridgehead atoms. The van der Waals surface area contributed by atoms with Crippen LogP contribution in [0.25, 0.3) is 0 Å². The summed E-state index contributed by atoms with van der Waals surface area (Å²) in [5, 5.41) is 3.62. The molecular formula is C15H29N3. The summed E-state index contributed by atoms with van der Waals surface area (Å²) in [6.07, 6.45) is 7.96. The van der Waals surface area contributed by atoms with E-state index in [-0.39, 0.29) is 0 Å². The van der Waals surface area contributed by atoms with Gasteiger partial charge < -0.3 is 10.2 Å². The van der Waals surface area contributed by atoms with Gasteiger partial charge in [0.2, 0.25) is 0 Å². The van der Waals surface area contributed by atoms with Crippen molar-refractivity contribution in [3.8, 4) is 0 Å². The summed E-state index contributed by atoms with van der Waals surface area (Å²) >= 11 is 0. The van der Waals surface area contributed by atoms with Crippen molar-refractivity contribution in [2.75, 3.05) is 19.6 Å². The van der Waals surface area contributed by atoms with Crippen LogP contribution in [-0.2, 0) is 0 Å². The fourth-order valence-corrected chi connectivity index (χ4v) is 3.10. The van der Waals surface area contributed by atoms with Crippen molar-refractivity contribution >= 4 is 5.96 Å². The van der Waals surface area contributed by atoms with Gasteiger partial charge in [-0.25, -0.2) is 0 Å². The van der Waals surface area contributed by atoms with Crippen molar-refractivity contribution in [3.05, 3.63) is 0 Å². The SMILES string of the molecule is CCCC1(C)CCCN(C(=NCC)NC2CC2)C1. The minimum atomic E-state index is 0.493. The highest BCUT2D eigenvalue weighted by Gasteiger charge is 2.33. The van der Waals surface area contributed by atoms with Gasteiger partial charge in [0.1, 0.15) is 0 Å². The van der Waals surface area contributed by atoms with E-state index in [1.54, 1.807) is 0 Å². The number of piperidine rings is 1. The van der Waals surface area contributed by atoms with Crippen LogP contribution in [0.5, 0.6) is 0 Å². The summed E-state index contributed by atoms with van der Waals surface area (Å²) in [6, 6.07) is 0.703. The maximum atomic E-state index is 4.69. The minimum absolute atomic E-state index is 0.493. The Bertz CT molecular complexity index is 292. The van der Waals surface area contributed by atoms with Crippen LogP contribution in [0.1, 0.15) is 59.3 Å². The van der Waals surface area contributed by atoms with Gasteiger partial charge in [-0.1, -0.05) is 20.3 Å². The zero-order valence-corrected chi connectivity index (χ0v) is 12.3. The quantitative estimate of drug-likeness (QED) is 0.614. The van der Waals surface area contributed by atoms with E-state index < -0.39 is 0 Å². The molecule has 0 amide bonds. The average molecular weight is 251 g/mol. The molecule has 2 rings (SSSR count). The van der Waals surface area contributed by atoms with Gasteiger partial charge in [-0.3, -0.25) is 4.99 Å². The molecule has 1 N–H and O–H groups in total. The number of hydrogen-bond acceptors (Lipinski definition) is 1. The van der Waals surface area contributed by atoms with E-state index in [1.807, 2.05) is 0 Å². The lowest BCUT2D eigenvalue weighted by Gasteiger charge is -2.42. The second kappa shape index (κ2) is 5.94. The Morgan fingerprint density at radius 3 is 2.78 bits per heavy atom. The molecule has 1 atom stereocenters. The average Bonchev–Trinajstić information content (AvgIpc) is 3.12. The fraction of sp³-hybridized carbons (Fsp3) is 0.933. The Morgan fingerprint density at radius 1 is 1.39 bits per heavy atom. The summed E-state index contributed by atoms with van der Waals surface area (Å²) in [4.78, 5) is 7.19. The molecule has 1 unspecified atom stereocenters. The highest BCUT2D eigenvalue weighted by Crippen LogP contribution is 2.34. The van der Waals surface area contributed by atoms with Crippen molar-refractivity contribution < 1.29 is 0 Å². The number of aliphatic imine (C=N–C) groups is 1. The molecule has 0 radical (unpaired) electrons. The lowest BCUT2D eigenvalue weighted by atomic mass is 9.78. The molecule has 0 aromatic heterocycles. The number of likely N-dealkylation sites (tertiary alicyclic amines) is 1. The van der Waals surface area contributed by atoms with Crippen molar-refractivity contribution in [2.45, 2.75) is 65.3 Å². The first-order valence-electron chi connectivity index (χ1n) is 7.73. The normalized spacial score (nSPS) is 29.5. The first-order chi connectivity index (χ1) is 8.67. The minimum Gasteiger partial charge on any atom is -0.354 e. The van der Waals surface area contributed by atoms with Gasteiger partial charge in [-0.2, -0.15) is 0 Å². The van der Waals surface area contributed by atoms with E-state index in [1.165, 1.54) is 57.6 Å². The van der Waals surface area contributed by atoms with Crippen molar-refractivity contribution in [1.82, 2.24) is 10.2 Å². The van der Waals surface area contributed by atoms with Gasteiger partial charge >= 0.3 is 0 Å². The molecule has 3 nitrogen and oxygen atoms in total. The smallest absolute Gasteiger partial charge is 0.194 e. The van der Waals surface area contributed by atoms with E-state index in [0.29, 0.717) is 11.5 Å². The van der Waals surface area contributed by atoms with Gasteiger partial charge in [0.15, 0.2) is 5.96 Å². The lowest BCUT2D eigenvalue weighted by molar-refractivity contribution is 0.142. The standard InChI is InChI=1S/C15H29N3/c1-4-9-15(3)10-6-11-18(12-15)14(16-5-2)17-13-7-8-13/h13H,4-12H2,1-3H3,(H,16,17). The summed E-state index contributed by atoms with van der Waals surface area (Å²) in [6.45, 7) is 10.1. The molecule has 18 heavy (non-hydrogen) atoms. The molecule has 0 aromatic carbocycles. The predicted octanol–water partition coefficient (Wildman–Crippen LogP) is 3.02. The summed E-state index contributed by atoms with van der Waals surface area (Å²) in [7, 11) is 0. The summed E-state index contributed by atoms with van der Waals surface area (Å²) in [5.74, 6) is 1.17. The molecule has 1 saturated heterocycles. The van der Waals surface area contributed by atoms with Crippen LogP contribution in [0.15, 0.2) is 4.99 Å². The van der Waals surface area contributed by atoms with Crippen LogP contribution >= 0.6 is 0 Å². The Labute approximate surface area is 112 Å². The number of nitrogens with zero attached hydrogens (tertiary/aromatic N) is 2. The Balaban J connectivity index is 1.98. The molecular weight excluding hydrogens is 222 g/mol. The largest absolute Gasteiger partial charge is 0.354 e. The Morgan fingerprint density at radius 2 is 2.17 bits per heavy atom. The van der Waals surface area contributed by atoms with Crippen molar-refractivity contribution in [3.63, 3.8) is 0 Å². The molecule has 0 spiro atoms. The van der Waals surface area contributed by atoms with Gasteiger partial charge in [0.25, 0.3) is 0 Å². The fourth-order valence-electron chi connectivity index (χ4n) is 3.10. The van der Waals surface area contributed by atoms with Gasteiger partial charge in [0.05, 0.1) is 0 Å². The highest BCUT2D eigenvalue weighted by molar-refractivity contribution is 5.80. The molecule has 1 saturated carbocycles. The lowest BCUT2D eigenvalue weighted by Crippen LogP contribution is -2.50. The first kappa shape index (κ1) is 13.7. The zero-order valence-electron chi connectivity index (χ0n) is 12.3. The van der Waals surface area contributed by atoms with E-state index in [4.69, 9.17) is 0 Å². The second-order valence-electron chi connectivity index (χ2n) is 6.30. The van der Waals surface area contributed by atoms with E-state index in [9.17, 15) is 0 Å². The van der Waals surface area contributed by atoms with E-state index in [2.05, 4.69) is 36.0 Å². The van der Waals surface area contributed by atoms with Crippen LogP contribution in [0.2, 0.25) is 0 Å². The van der Waals surface area contributed by atoms with E-state index >= 15 is 0 Å². The molecule has 3 heteroatoms. The molecule has 0 aromatic rings. The molecule has 2 aliphatic rings. The van der Waals surface area contributed by atoms with Crippen LogP contribution < -0.4 is 5.32 Å². The van der Waals surface area contributed by atoms with Gasteiger partial charge in [0, 0.05) is 25.7 Å². The Kier molecular flexibility index (Phi) is 4.52. The molecule has 1 aliphatic heterocycles. The van der Waals surface area contributed by atoms with Crippen molar-refractivity contribution in [2.24, 2.45) is 10.4 Å². The molecule has 1 heterocycles. The van der Waals surface area contributed by atoms with Crippen LogP contribution in [-0.4, -0.2) is 36.5 Å². The topological polar surface area (TPSA) is 27.6 Å².